The molecule has 0 saturated carbocycles. The van der Waals surface area contributed by atoms with E-state index in [9.17, 15) is 4.79 Å². The van der Waals surface area contributed by atoms with Crippen LogP contribution in [0, 0.1) is 0 Å². The summed E-state index contributed by atoms with van der Waals surface area (Å²) in [6.07, 6.45) is 8.22. The van der Waals surface area contributed by atoms with Crippen LogP contribution in [0.1, 0.15) is 43.0 Å². The van der Waals surface area contributed by atoms with Crippen LogP contribution in [0.15, 0.2) is 36.7 Å². The Kier molecular flexibility index (Phi) is 6.22. The first-order valence-corrected chi connectivity index (χ1v) is 9.39. The van der Waals surface area contributed by atoms with Crippen molar-refractivity contribution in [2.45, 2.75) is 44.8 Å². The SMILES string of the molecule is COc1cc(-n2cccc2)c(Cl)cc1C(=O)NC(C)CCC1CCCO1. The molecule has 6 heteroatoms. The third-order valence-corrected chi connectivity index (χ3v) is 5.02. The van der Waals surface area contributed by atoms with Crippen molar-refractivity contribution in [2.75, 3.05) is 13.7 Å². The van der Waals surface area contributed by atoms with Gasteiger partial charge in [0.25, 0.3) is 5.91 Å². The lowest BCUT2D eigenvalue weighted by Crippen LogP contribution is -2.33. The number of hydrogen-bond acceptors (Lipinski definition) is 3. The van der Waals surface area contributed by atoms with Crippen molar-refractivity contribution in [1.82, 2.24) is 9.88 Å². The van der Waals surface area contributed by atoms with Gasteiger partial charge in [-0.2, -0.15) is 0 Å². The topological polar surface area (TPSA) is 52.5 Å². The number of amides is 1. The van der Waals surface area contributed by atoms with Crippen molar-refractivity contribution < 1.29 is 14.3 Å². The van der Waals surface area contributed by atoms with Crippen molar-refractivity contribution in [3.8, 4) is 11.4 Å². The Morgan fingerprint density at radius 1 is 1.42 bits per heavy atom. The summed E-state index contributed by atoms with van der Waals surface area (Å²) in [4.78, 5) is 12.7. The summed E-state index contributed by atoms with van der Waals surface area (Å²) in [6, 6.07) is 7.34. The lowest BCUT2D eigenvalue weighted by atomic mass is 10.1. The number of nitrogens with zero attached hydrogens (tertiary/aromatic N) is 1. The van der Waals surface area contributed by atoms with Gasteiger partial charge in [-0.3, -0.25) is 4.79 Å². The largest absolute Gasteiger partial charge is 0.496 e. The van der Waals surface area contributed by atoms with Crippen molar-refractivity contribution in [3.63, 3.8) is 0 Å². The third-order valence-electron chi connectivity index (χ3n) is 4.72. The zero-order valence-corrected chi connectivity index (χ0v) is 16.0. The molecule has 1 amide bonds. The van der Waals surface area contributed by atoms with Gasteiger partial charge < -0.3 is 19.4 Å². The fourth-order valence-electron chi connectivity index (χ4n) is 3.26. The molecule has 1 aromatic heterocycles. The molecule has 1 aliphatic rings. The maximum atomic E-state index is 12.7. The van der Waals surface area contributed by atoms with Gasteiger partial charge in [0.2, 0.25) is 0 Å². The number of benzene rings is 1. The summed E-state index contributed by atoms with van der Waals surface area (Å²) in [7, 11) is 1.56. The van der Waals surface area contributed by atoms with E-state index in [0.29, 0.717) is 22.4 Å². The van der Waals surface area contributed by atoms with E-state index >= 15 is 0 Å². The molecule has 3 rings (SSSR count). The van der Waals surface area contributed by atoms with Crippen molar-refractivity contribution >= 4 is 17.5 Å². The van der Waals surface area contributed by atoms with Crippen LogP contribution in [0.5, 0.6) is 5.75 Å². The maximum Gasteiger partial charge on any atom is 0.255 e. The second kappa shape index (κ2) is 8.60. The molecule has 140 valence electrons. The number of nitrogens with one attached hydrogen (secondary N) is 1. The molecule has 1 saturated heterocycles. The fourth-order valence-corrected chi connectivity index (χ4v) is 3.52. The molecule has 5 nitrogen and oxygen atoms in total. The molecule has 26 heavy (non-hydrogen) atoms. The van der Waals surface area contributed by atoms with Crippen LogP contribution in [0.25, 0.3) is 5.69 Å². The quantitative estimate of drug-likeness (QED) is 0.787. The minimum Gasteiger partial charge on any atom is -0.496 e. The highest BCUT2D eigenvalue weighted by atomic mass is 35.5. The lowest BCUT2D eigenvalue weighted by molar-refractivity contribution is 0.0897. The smallest absolute Gasteiger partial charge is 0.255 e. The molecule has 2 heterocycles. The summed E-state index contributed by atoms with van der Waals surface area (Å²) < 4.78 is 13.0. The standard InChI is InChI=1S/C20H25ClN2O3/c1-14(7-8-15-6-5-11-26-15)22-20(24)16-12-17(21)18(13-19(16)25-2)23-9-3-4-10-23/h3-4,9-10,12-15H,5-8,11H2,1-2H3,(H,22,24). The second-order valence-corrected chi connectivity index (χ2v) is 7.09. The molecular weight excluding hydrogens is 352 g/mol. The molecule has 1 fully saturated rings. The van der Waals surface area contributed by atoms with Gasteiger partial charge in [-0.05, 0) is 50.8 Å². The Bertz CT molecular complexity index is 740. The molecule has 0 spiro atoms. The van der Waals surface area contributed by atoms with Crippen LogP contribution in [0.4, 0.5) is 0 Å². The van der Waals surface area contributed by atoms with Gasteiger partial charge in [-0.1, -0.05) is 11.6 Å². The molecule has 2 atom stereocenters. The Labute approximate surface area is 159 Å². The van der Waals surface area contributed by atoms with Gasteiger partial charge in [-0.15, -0.1) is 0 Å². The van der Waals surface area contributed by atoms with Crippen LogP contribution >= 0.6 is 11.6 Å². The second-order valence-electron chi connectivity index (χ2n) is 6.68. The number of hydrogen-bond donors (Lipinski definition) is 1. The summed E-state index contributed by atoms with van der Waals surface area (Å²) in [5, 5.41) is 3.54. The van der Waals surface area contributed by atoms with Gasteiger partial charge in [0, 0.05) is 31.1 Å². The maximum absolute atomic E-state index is 12.7. The monoisotopic (exact) mass is 376 g/mol. The van der Waals surface area contributed by atoms with Gasteiger partial charge in [0.15, 0.2) is 0 Å². The number of methoxy groups -OCH3 is 1. The number of ether oxygens (including phenoxy) is 2. The Balaban J connectivity index is 1.69. The molecule has 2 unspecified atom stereocenters. The number of rotatable bonds is 7. The summed E-state index contributed by atoms with van der Waals surface area (Å²) >= 11 is 6.40. The first-order valence-electron chi connectivity index (χ1n) is 9.02. The minimum absolute atomic E-state index is 0.0549. The number of aromatic nitrogens is 1. The Morgan fingerprint density at radius 3 is 2.85 bits per heavy atom. The fraction of sp³-hybridized carbons (Fsp3) is 0.450. The van der Waals surface area contributed by atoms with E-state index in [4.69, 9.17) is 21.1 Å². The van der Waals surface area contributed by atoms with Crippen molar-refractivity contribution in [2.24, 2.45) is 0 Å². The average Bonchev–Trinajstić information content (AvgIpc) is 3.33. The molecule has 1 N–H and O–H groups in total. The normalized spacial score (nSPS) is 17.9. The zero-order chi connectivity index (χ0) is 18.5. The van der Waals surface area contributed by atoms with Crippen LogP contribution < -0.4 is 10.1 Å². The third kappa shape index (κ3) is 4.40. The molecule has 0 radical (unpaired) electrons. The average molecular weight is 377 g/mol. The highest BCUT2D eigenvalue weighted by Crippen LogP contribution is 2.30. The van der Waals surface area contributed by atoms with E-state index in [1.165, 1.54) is 0 Å². The van der Waals surface area contributed by atoms with E-state index in [1.807, 2.05) is 36.0 Å². The van der Waals surface area contributed by atoms with Gasteiger partial charge >= 0.3 is 0 Å². The van der Waals surface area contributed by atoms with Crippen molar-refractivity contribution in [3.05, 3.63) is 47.2 Å². The van der Waals surface area contributed by atoms with Gasteiger partial charge in [-0.25, -0.2) is 0 Å². The Morgan fingerprint density at radius 2 is 2.19 bits per heavy atom. The van der Waals surface area contributed by atoms with Gasteiger partial charge in [0.1, 0.15) is 5.75 Å². The van der Waals surface area contributed by atoms with E-state index in [1.54, 1.807) is 19.2 Å². The molecule has 1 aliphatic heterocycles. The molecule has 0 bridgehead atoms. The summed E-state index contributed by atoms with van der Waals surface area (Å²) in [6.45, 7) is 2.87. The predicted molar refractivity (Wildman–Crippen MR) is 102 cm³/mol. The van der Waals surface area contributed by atoms with Gasteiger partial charge in [0.05, 0.1) is 29.5 Å². The number of carbonyl (C=O) groups is 1. The van der Waals surface area contributed by atoms with E-state index < -0.39 is 0 Å². The predicted octanol–water partition coefficient (Wildman–Crippen LogP) is 4.22. The van der Waals surface area contributed by atoms with Crippen LogP contribution in [0.3, 0.4) is 0 Å². The molecule has 2 aromatic rings. The van der Waals surface area contributed by atoms with E-state index in [0.717, 1.165) is 38.0 Å². The highest BCUT2D eigenvalue weighted by Gasteiger charge is 2.20. The van der Waals surface area contributed by atoms with Crippen LogP contribution in [0.2, 0.25) is 5.02 Å². The minimum atomic E-state index is -0.178. The van der Waals surface area contributed by atoms with E-state index in [-0.39, 0.29) is 11.9 Å². The molecule has 1 aromatic carbocycles. The highest BCUT2D eigenvalue weighted by molar-refractivity contribution is 6.33. The van der Waals surface area contributed by atoms with Crippen LogP contribution in [-0.4, -0.2) is 36.3 Å². The zero-order valence-electron chi connectivity index (χ0n) is 15.2. The van der Waals surface area contributed by atoms with Crippen LogP contribution in [-0.2, 0) is 4.74 Å². The first-order chi connectivity index (χ1) is 12.6. The Hall–Kier alpha value is -1.98. The first kappa shape index (κ1) is 18.8. The number of halogens is 1. The molecule has 0 aliphatic carbocycles. The van der Waals surface area contributed by atoms with Crippen molar-refractivity contribution in [1.29, 1.82) is 0 Å². The summed E-state index contributed by atoms with van der Waals surface area (Å²) in [5.74, 6) is 0.324. The number of carbonyl (C=O) groups excluding carboxylic acids is 1. The van der Waals surface area contributed by atoms with E-state index in [2.05, 4.69) is 5.32 Å². The lowest BCUT2D eigenvalue weighted by Gasteiger charge is -2.18. The summed E-state index contributed by atoms with van der Waals surface area (Å²) in [5.41, 5.74) is 1.22. The molecular formula is C20H25ClN2O3.